The van der Waals surface area contributed by atoms with Gasteiger partial charge in [-0.2, -0.15) is 18.3 Å². The van der Waals surface area contributed by atoms with Gasteiger partial charge in [0.1, 0.15) is 18.1 Å². The van der Waals surface area contributed by atoms with Crippen LogP contribution in [0.15, 0.2) is 48.5 Å². The minimum atomic E-state index is -4.47. The third-order valence-corrected chi connectivity index (χ3v) is 6.42. The van der Waals surface area contributed by atoms with Gasteiger partial charge < -0.3 is 0 Å². The predicted molar refractivity (Wildman–Crippen MR) is 113 cm³/mol. The summed E-state index contributed by atoms with van der Waals surface area (Å²) in [7, 11) is 4.50. The van der Waals surface area contributed by atoms with Gasteiger partial charge in [-0.15, -0.1) is 5.20 Å². The van der Waals surface area contributed by atoms with Gasteiger partial charge in [0.25, 0.3) is 0 Å². The van der Waals surface area contributed by atoms with Crippen molar-refractivity contribution in [2.75, 3.05) is 7.05 Å². The highest BCUT2D eigenvalue weighted by atomic mass is 31.0. The van der Waals surface area contributed by atoms with Crippen molar-refractivity contribution in [1.82, 2.24) is 20.0 Å². The molecule has 164 valence electrons. The molecule has 4 rings (SSSR count). The van der Waals surface area contributed by atoms with E-state index in [0.717, 1.165) is 28.2 Å². The van der Waals surface area contributed by atoms with Crippen molar-refractivity contribution < 1.29 is 22.2 Å². The smallest absolute Gasteiger partial charge is 0.237 e. The standard InChI is InChI=1S/C21H23F4N5P/c1-12-20-13(2)30(3,28-31)11-18(20)29(27-12)19-9-14(4-5-26-19)6-15-7-16(21(23,24)25)10-17(22)8-15/h4-5,8-10,16,28H,2,6-7,11,31H2,1,3H3/q+1. The van der Waals surface area contributed by atoms with Crippen LogP contribution in [0.3, 0.4) is 0 Å². The fourth-order valence-corrected chi connectivity index (χ4v) is 4.42. The number of allylic oxidation sites excluding steroid dienone is 4. The Hall–Kier alpha value is -2.35. The number of halogens is 4. The van der Waals surface area contributed by atoms with Gasteiger partial charge in [-0.25, -0.2) is 18.6 Å². The van der Waals surface area contributed by atoms with Crippen LogP contribution in [-0.2, 0) is 13.0 Å². The first-order chi connectivity index (χ1) is 14.5. The van der Waals surface area contributed by atoms with E-state index in [9.17, 15) is 17.6 Å². The number of aryl methyl sites for hydroxylation is 1. The van der Waals surface area contributed by atoms with Gasteiger partial charge in [0.05, 0.1) is 24.2 Å². The first-order valence-corrected chi connectivity index (χ1v) is 10.3. The van der Waals surface area contributed by atoms with Gasteiger partial charge in [0, 0.05) is 6.20 Å². The van der Waals surface area contributed by atoms with Crippen molar-refractivity contribution in [3.63, 3.8) is 0 Å². The Labute approximate surface area is 180 Å². The summed E-state index contributed by atoms with van der Waals surface area (Å²) in [4.78, 5) is 4.41. The van der Waals surface area contributed by atoms with Crippen molar-refractivity contribution in [2.24, 2.45) is 5.92 Å². The number of pyridine rings is 1. The van der Waals surface area contributed by atoms with Crippen LogP contribution < -0.4 is 5.20 Å². The molecule has 0 spiro atoms. The van der Waals surface area contributed by atoms with Crippen molar-refractivity contribution >= 4 is 15.1 Å². The monoisotopic (exact) mass is 452 g/mol. The maximum atomic E-state index is 13.8. The van der Waals surface area contributed by atoms with E-state index in [4.69, 9.17) is 0 Å². The van der Waals surface area contributed by atoms with E-state index in [-0.39, 0.29) is 12.8 Å². The zero-order valence-electron chi connectivity index (χ0n) is 17.2. The van der Waals surface area contributed by atoms with E-state index in [0.29, 0.717) is 28.6 Å². The van der Waals surface area contributed by atoms with Gasteiger partial charge >= 0.3 is 6.18 Å². The highest BCUT2D eigenvalue weighted by Gasteiger charge is 2.42. The number of nitrogens with one attached hydrogen (secondary N) is 1. The third kappa shape index (κ3) is 3.97. The van der Waals surface area contributed by atoms with Crippen molar-refractivity contribution in [1.29, 1.82) is 0 Å². The van der Waals surface area contributed by atoms with Crippen LogP contribution in [0, 0.1) is 12.8 Å². The molecule has 3 unspecified atom stereocenters. The molecule has 31 heavy (non-hydrogen) atoms. The predicted octanol–water partition coefficient (Wildman–Crippen LogP) is 4.71. The molecule has 2 aromatic heterocycles. The van der Waals surface area contributed by atoms with Crippen LogP contribution in [0.4, 0.5) is 17.6 Å². The molecule has 1 aliphatic carbocycles. The summed E-state index contributed by atoms with van der Waals surface area (Å²) in [6, 6.07) is 3.51. The van der Waals surface area contributed by atoms with Crippen LogP contribution in [0.1, 0.15) is 28.9 Å². The molecule has 3 atom stereocenters. The van der Waals surface area contributed by atoms with Gasteiger partial charge in [0.15, 0.2) is 11.5 Å². The average Bonchev–Trinajstić information content (AvgIpc) is 3.15. The second-order valence-electron chi connectivity index (χ2n) is 8.15. The Kier molecular flexibility index (Phi) is 5.40. The molecule has 0 aromatic carbocycles. The number of nitrogens with zero attached hydrogens (tertiary/aromatic N) is 4. The second kappa shape index (κ2) is 7.65. The summed E-state index contributed by atoms with van der Waals surface area (Å²) < 4.78 is 55.2. The van der Waals surface area contributed by atoms with Gasteiger partial charge in [-0.3, -0.25) is 0 Å². The number of fused-ring (bicyclic) bond motifs is 1. The van der Waals surface area contributed by atoms with Gasteiger partial charge in [0.2, 0.25) is 0 Å². The molecule has 0 saturated heterocycles. The highest BCUT2D eigenvalue weighted by Crippen LogP contribution is 2.39. The minimum absolute atomic E-state index is 0.208. The number of aromatic nitrogens is 3. The average molecular weight is 452 g/mol. The molecule has 1 N–H and O–H groups in total. The summed E-state index contributed by atoms with van der Waals surface area (Å²) in [6.07, 6.45) is -1.09. The van der Waals surface area contributed by atoms with E-state index in [1.165, 1.54) is 6.08 Å². The molecule has 5 nitrogen and oxygen atoms in total. The molecular formula is C21H23F4N5P+. The van der Waals surface area contributed by atoms with E-state index < -0.39 is 17.9 Å². The Morgan fingerprint density at radius 1 is 1.39 bits per heavy atom. The maximum absolute atomic E-state index is 13.8. The Morgan fingerprint density at radius 3 is 2.81 bits per heavy atom. The van der Waals surface area contributed by atoms with Crippen molar-refractivity contribution in [2.45, 2.75) is 32.5 Å². The van der Waals surface area contributed by atoms with Crippen LogP contribution >= 0.6 is 9.39 Å². The molecule has 0 saturated carbocycles. The lowest BCUT2D eigenvalue weighted by atomic mass is 9.90. The zero-order chi connectivity index (χ0) is 22.6. The Bertz CT molecular complexity index is 1120. The van der Waals surface area contributed by atoms with Gasteiger partial charge in [-0.1, -0.05) is 5.57 Å². The lowest BCUT2D eigenvalue weighted by Crippen LogP contribution is -2.44. The summed E-state index contributed by atoms with van der Waals surface area (Å²) in [6.45, 7) is 6.71. The quantitative estimate of drug-likeness (QED) is 0.415. The molecule has 1 aliphatic heterocycles. The fraction of sp³-hybridized carbons (Fsp3) is 0.333. The van der Waals surface area contributed by atoms with Crippen LogP contribution in [0.2, 0.25) is 0 Å². The highest BCUT2D eigenvalue weighted by molar-refractivity contribution is 7.13. The lowest BCUT2D eigenvalue weighted by Gasteiger charge is -2.27. The van der Waals surface area contributed by atoms with E-state index >= 15 is 0 Å². The molecule has 0 radical (unpaired) electrons. The van der Waals surface area contributed by atoms with E-state index in [2.05, 4.69) is 31.2 Å². The largest absolute Gasteiger partial charge is 0.395 e. The zero-order valence-corrected chi connectivity index (χ0v) is 18.3. The van der Waals surface area contributed by atoms with Crippen molar-refractivity contribution in [3.8, 4) is 5.82 Å². The van der Waals surface area contributed by atoms with Gasteiger partial charge in [-0.05, 0) is 65.6 Å². The first kappa shape index (κ1) is 21.9. The number of quaternary nitrogens is 1. The number of hydrogen-bond acceptors (Lipinski definition) is 3. The minimum Gasteiger partial charge on any atom is -0.237 e. The normalized spacial score (nSPS) is 23.6. The van der Waals surface area contributed by atoms with Crippen LogP contribution in [-0.4, -0.2) is 32.6 Å². The maximum Gasteiger partial charge on any atom is 0.395 e. The SMILES string of the molecule is C=C1c2c(C)nn(-c3cc(CC4=CC(F)=CC(C(F)(F)F)C4)ccn3)c2C[N+]1(C)NP. The Morgan fingerprint density at radius 2 is 2.13 bits per heavy atom. The first-order valence-electron chi connectivity index (χ1n) is 9.72. The van der Waals surface area contributed by atoms with E-state index in [1.54, 1.807) is 23.0 Å². The molecule has 0 bridgehead atoms. The van der Waals surface area contributed by atoms with Crippen LogP contribution in [0.5, 0.6) is 0 Å². The summed E-state index contributed by atoms with van der Waals surface area (Å²) in [5.41, 5.74) is 4.77. The molecule has 0 amide bonds. The fourth-order valence-electron chi connectivity index (χ4n) is 4.17. The van der Waals surface area contributed by atoms with E-state index in [1.807, 2.05) is 14.0 Å². The number of rotatable bonds is 4. The molecule has 2 aromatic rings. The number of hydrogen-bond donors (Lipinski definition) is 1. The molecule has 2 aliphatic rings. The lowest BCUT2D eigenvalue weighted by molar-refractivity contribution is -0.878. The van der Waals surface area contributed by atoms with Crippen LogP contribution in [0.25, 0.3) is 11.5 Å². The molecular weight excluding hydrogens is 429 g/mol. The molecule has 0 fully saturated rings. The third-order valence-electron chi connectivity index (χ3n) is 5.85. The summed E-state index contributed by atoms with van der Waals surface area (Å²) in [5.74, 6) is -2.09. The summed E-state index contributed by atoms with van der Waals surface area (Å²) >= 11 is 0. The van der Waals surface area contributed by atoms with Crippen molar-refractivity contribution in [3.05, 3.63) is 71.0 Å². The Balaban J connectivity index is 1.63. The second-order valence-corrected chi connectivity index (χ2v) is 8.41. The summed E-state index contributed by atoms with van der Waals surface area (Å²) in [5, 5.41) is 7.78. The molecule has 3 heterocycles. The number of alkyl halides is 3. The molecule has 10 heteroatoms. The topological polar surface area (TPSA) is 42.7 Å².